The number of pyridine rings is 1. The molecule has 0 radical (unpaired) electrons. The smallest absolute Gasteiger partial charge is 0.296 e. The average Bonchev–Trinajstić information content (AvgIpc) is 2.15. The number of anilines is 1. The maximum Gasteiger partial charge on any atom is 0.482 e. The number of nitrogens with zero attached hydrogens (tertiary/aromatic N) is 1. The molecule has 0 fully saturated rings. The summed E-state index contributed by atoms with van der Waals surface area (Å²) < 4.78 is 49.6. The molecule has 0 atom stereocenters. The van der Waals surface area contributed by atoms with Gasteiger partial charge in [-0.1, -0.05) is 0 Å². The first kappa shape index (κ1) is 12.2. The number of halogens is 5. The summed E-state index contributed by atoms with van der Waals surface area (Å²) in [6, 6.07) is 2.27. The van der Waals surface area contributed by atoms with Crippen molar-refractivity contribution in [2.24, 2.45) is 0 Å². The SMILES string of the molecule is F/C(=C\I)c1ccc(NC(F)(F)F)cn1. The third kappa shape index (κ3) is 4.02. The van der Waals surface area contributed by atoms with Crippen molar-refractivity contribution in [3.8, 4) is 0 Å². The molecule has 0 spiro atoms. The Morgan fingerprint density at radius 3 is 2.47 bits per heavy atom. The van der Waals surface area contributed by atoms with Crippen LogP contribution >= 0.6 is 22.6 Å². The highest BCUT2D eigenvalue weighted by Gasteiger charge is 2.27. The lowest BCUT2D eigenvalue weighted by Crippen LogP contribution is -2.20. The second-order valence-corrected chi connectivity index (χ2v) is 3.13. The van der Waals surface area contributed by atoms with Gasteiger partial charge in [0.25, 0.3) is 0 Å². The van der Waals surface area contributed by atoms with E-state index in [2.05, 4.69) is 4.98 Å². The van der Waals surface area contributed by atoms with Gasteiger partial charge in [0.05, 0.1) is 17.6 Å². The first-order valence-electron chi connectivity index (χ1n) is 3.69. The molecule has 0 aliphatic carbocycles. The summed E-state index contributed by atoms with van der Waals surface area (Å²) in [7, 11) is 0. The van der Waals surface area contributed by atoms with E-state index in [1.807, 2.05) is 0 Å². The van der Waals surface area contributed by atoms with E-state index in [-0.39, 0.29) is 11.4 Å². The second-order valence-electron chi connectivity index (χ2n) is 2.51. The molecule has 1 aromatic heterocycles. The predicted molar refractivity (Wildman–Crippen MR) is 57.0 cm³/mol. The molecule has 1 N–H and O–H groups in total. The van der Waals surface area contributed by atoms with Gasteiger partial charge >= 0.3 is 6.30 Å². The lowest BCUT2D eigenvalue weighted by atomic mass is 10.3. The quantitative estimate of drug-likeness (QED) is 0.507. The van der Waals surface area contributed by atoms with Crippen LogP contribution in [-0.4, -0.2) is 11.3 Å². The fourth-order valence-electron chi connectivity index (χ4n) is 0.829. The minimum absolute atomic E-state index is 0.00266. The Hall–Kier alpha value is -0.860. The summed E-state index contributed by atoms with van der Waals surface area (Å²) in [5.74, 6) is -0.589. The number of rotatable bonds is 2. The summed E-state index contributed by atoms with van der Waals surface area (Å²) in [6.45, 7) is 0. The molecule has 0 unspecified atom stereocenters. The minimum Gasteiger partial charge on any atom is -0.296 e. The highest BCUT2D eigenvalue weighted by Crippen LogP contribution is 2.21. The Balaban J connectivity index is 2.82. The van der Waals surface area contributed by atoms with Gasteiger partial charge < -0.3 is 0 Å². The van der Waals surface area contributed by atoms with Crippen molar-refractivity contribution in [3.05, 3.63) is 28.1 Å². The second kappa shape index (κ2) is 4.77. The van der Waals surface area contributed by atoms with Crippen LogP contribution in [0, 0.1) is 0 Å². The summed E-state index contributed by atoms with van der Waals surface area (Å²) in [5.41, 5.74) is -0.232. The zero-order chi connectivity index (χ0) is 11.5. The van der Waals surface area contributed by atoms with E-state index in [0.29, 0.717) is 0 Å². The Kier molecular flexibility index (Phi) is 3.89. The molecule has 7 heteroatoms. The van der Waals surface area contributed by atoms with Crippen LogP contribution in [0.2, 0.25) is 0 Å². The molecule has 0 saturated heterocycles. The number of aromatic nitrogens is 1. The van der Waals surface area contributed by atoms with E-state index in [9.17, 15) is 17.6 Å². The molecule has 1 aromatic rings. The van der Waals surface area contributed by atoms with E-state index in [0.717, 1.165) is 16.3 Å². The summed E-state index contributed by atoms with van der Waals surface area (Å²) in [6.07, 6.45) is -3.59. The van der Waals surface area contributed by atoms with Crippen LogP contribution in [-0.2, 0) is 0 Å². The maximum absolute atomic E-state index is 12.9. The molecule has 0 aliphatic heterocycles. The Morgan fingerprint density at radius 2 is 2.07 bits per heavy atom. The van der Waals surface area contributed by atoms with Gasteiger partial charge in [0, 0.05) is 4.08 Å². The van der Waals surface area contributed by atoms with E-state index in [4.69, 9.17) is 0 Å². The molecule has 1 rings (SSSR count). The van der Waals surface area contributed by atoms with Crippen molar-refractivity contribution < 1.29 is 17.6 Å². The monoisotopic (exact) mass is 332 g/mol. The van der Waals surface area contributed by atoms with Crippen LogP contribution in [0.4, 0.5) is 23.2 Å². The molecule has 0 aliphatic rings. The summed E-state index contributed by atoms with van der Waals surface area (Å²) in [4.78, 5) is 3.52. The average molecular weight is 332 g/mol. The standard InChI is InChI=1S/C8H5F4IN2/c9-6(3-13)7-2-1-5(4-14-7)15-8(10,11)12/h1-4,15H/b6-3-. The Bertz CT molecular complexity index is 358. The summed E-state index contributed by atoms with van der Waals surface area (Å²) >= 11 is 1.68. The van der Waals surface area contributed by atoms with Crippen LogP contribution in [0.3, 0.4) is 0 Å². The normalized spacial score (nSPS) is 12.7. The molecule has 0 bridgehead atoms. The van der Waals surface area contributed by atoms with Gasteiger partial charge in [0.2, 0.25) is 0 Å². The van der Waals surface area contributed by atoms with Gasteiger partial charge in [-0.25, -0.2) is 4.39 Å². The first-order chi connectivity index (χ1) is 6.92. The molecule has 82 valence electrons. The van der Waals surface area contributed by atoms with Crippen LogP contribution in [0.25, 0.3) is 5.83 Å². The van der Waals surface area contributed by atoms with Crippen molar-refractivity contribution >= 4 is 34.1 Å². The third-order valence-corrected chi connectivity index (χ3v) is 1.94. The fourth-order valence-corrected chi connectivity index (χ4v) is 1.15. The van der Waals surface area contributed by atoms with Gasteiger partial charge in [-0.15, -0.1) is 0 Å². The lowest BCUT2D eigenvalue weighted by Gasteiger charge is -2.09. The molecule has 2 nitrogen and oxygen atoms in total. The zero-order valence-electron chi connectivity index (χ0n) is 7.15. The number of nitrogens with one attached hydrogen (secondary N) is 1. The topological polar surface area (TPSA) is 24.9 Å². The van der Waals surface area contributed by atoms with Gasteiger partial charge in [0.1, 0.15) is 0 Å². The molecule has 1 heterocycles. The maximum atomic E-state index is 12.9. The molecule has 0 amide bonds. The highest BCUT2D eigenvalue weighted by molar-refractivity contribution is 14.1. The minimum atomic E-state index is -4.51. The van der Waals surface area contributed by atoms with Crippen LogP contribution in [0.5, 0.6) is 0 Å². The number of hydrogen-bond donors (Lipinski definition) is 1. The van der Waals surface area contributed by atoms with E-state index in [1.165, 1.54) is 11.4 Å². The number of hydrogen-bond acceptors (Lipinski definition) is 2. The fraction of sp³-hybridized carbons (Fsp3) is 0.125. The van der Waals surface area contributed by atoms with Gasteiger partial charge in [-0.3, -0.25) is 10.3 Å². The Labute approximate surface area is 96.5 Å². The first-order valence-corrected chi connectivity index (χ1v) is 4.94. The molecular formula is C8H5F4IN2. The van der Waals surface area contributed by atoms with E-state index >= 15 is 0 Å². The number of alkyl halides is 3. The molecule has 15 heavy (non-hydrogen) atoms. The Morgan fingerprint density at radius 1 is 1.40 bits per heavy atom. The molecular weight excluding hydrogens is 327 g/mol. The van der Waals surface area contributed by atoms with E-state index < -0.39 is 12.1 Å². The van der Waals surface area contributed by atoms with Crippen molar-refractivity contribution in [1.82, 2.24) is 4.98 Å². The van der Waals surface area contributed by atoms with Crippen LogP contribution in [0.15, 0.2) is 22.4 Å². The summed E-state index contributed by atoms with van der Waals surface area (Å²) in [5, 5.41) is 1.26. The lowest BCUT2D eigenvalue weighted by molar-refractivity contribution is -0.0999. The van der Waals surface area contributed by atoms with Gasteiger partial charge in [-0.05, 0) is 34.7 Å². The van der Waals surface area contributed by atoms with Crippen LogP contribution in [0.1, 0.15) is 5.69 Å². The third-order valence-electron chi connectivity index (χ3n) is 1.39. The highest BCUT2D eigenvalue weighted by atomic mass is 127. The van der Waals surface area contributed by atoms with Crippen molar-refractivity contribution in [2.75, 3.05) is 5.32 Å². The van der Waals surface area contributed by atoms with Gasteiger partial charge in [-0.2, -0.15) is 13.2 Å². The van der Waals surface area contributed by atoms with E-state index in [1.54, 1.807) is 22.6 Å². The molecule has 0 aromatic carbocycles. The van der Waals surface area contributed by atoms with Crippen LogP contribution < -0.4 is 5.32 Å². The zero-order valence-corrected chi connectivity index (χ0v) is 9.30. The van der Waals surface area contributed by atoms with Crippen molar-refractivity contribution in [1.29, 1.82) is 0 Å². The van der Waals surface area contributed by atoms with Crippen molar-refractivity contribution in [2.45, 2.75) is 6.30 Å². The van der Waals surface area contributed by atoms with Crippen molar-refractivity contribution in [3.63, 3.8) is 0 Å². The molecule has 0 saturated carbocycles. The van der Waals surface area contributed by atoms with Gasteiger partial charge in [0.15, 0.2) is 5.83 Å². The predicted octanol–water partition coefficient (Wildman–Crippen LogP) is 3.72. The largest absolute Gasteiger partial charge is 0.482 e.